The molecule has 0 saturated heterocycles. The predicted octanol–water partition coefficient (Wildman–Crippen LogP) is 1.79. The van der Waals surface area contributed by atoms with Gasteiger partial charge in [0.15, 0.2) is 5.96 Å². The van der Waals surface area contributed by atoms with Gasteiger partial charge in [0.2, 0.25) is 5.91 Å². The quantitative estimate of drug-likeness (QED) is 0.405. The Kier molecular flexibility index (Phi) is 9.06. The molecule has 6 nitrogen and oxygen atoms in total. The number of ether oxygens (including phenoxy) is 1. The molecule has 0 aliphatic rings. The number of nitrogens with one attached hydrogen (secondary N) is 2. The highest BCUT2D eigenvalue weighted by Gasteiger charge is 2.10. The van der Waals surface area contributed by atoms with E-state index in [0.29, 0.717) is 24.8 Å². The highest BCUT2D eigenvalue weighted by Crippen LogP contribution is 2.14. The summed E-state index contributed by atoms with van der Waals surface area (Å²) in [5.41, 5.74) is 0. The van der Waals surface area contributed by atoms with Gasteiger partial charge in [0, 0.05) is 26.7 Å². The van der Waals surface area contributed by atoms with Crippen LogP contribution in [-0.4, -0.2) is 56.6 Å². The second-order valence-electron chi connectivity index (χ2n) is 5.61. The van der Waals surface area contributed by atoms with Crippen LogP contribution in [0.15, 0.2) is 41.9 Å². The normalized spacial score (nSPS) is 12.2. The minimum absolute atomic E-state index is 0.0427. The van der Waals surface area contributed by atoms with Crippen LogP contribution in [0, 0.1) is 5.82 Å². The Morgan fingerprint density at radius 3 is 2.80 bits per heavy atom. The Bertz CT molecular complexity index is 590. The molecule has 2 N–H and O–H groups in total. The van der Waals surface area contributed by atoms with Crippen LogP contribution < -0.4 is 15.4 Å². The SMILES string of the molecule is C=CCNC(=NCC(=O)N(C)C)NCC(CC)Oc1cccc(F)c1. The molecule has 0 heterocycles. The Labute approximate surface area is 148 Å². The van der Waals surface area contributed by atoms with Gasteiger partial charge in [-0.15, -0.1) is 6.58 Å². The minimum atomic E-state index is -0.336. The zero-order chi connectivity index (χ0) is 18.7. The summed E-state index contributed by atoms with van der Waals surface area (Å²) in [5.74, 6) is 0.547. The summed E-state index contributed by atoms with van der Waals surface area (Å²) in [4.78, 5) is 17.4. The minimum Gasteiger partial charge on any atom is -0.489 e. The lowest BCUT2D eigenvalue weighted by Crippen LogP contribution is -2.43. The summed E-state index contributed by atoms with van der Waals surface area (Å²) >= 11 is 0. The van der Waals surface area contributed by atoms with Crippen LogP contribution in [0.2, 0.25) is 0 Å². The van der Waals surface area contributed by atoms with Crippen molar-refractivity contribution in [2.24, 2.45) is 4.99 Å². The lowest BCUT2D eigenvalue weighted by Gasteiger charge is -2.20. The molecule has 0 aliphatic carbocycles. The van der Waals surface area contributed by atoms with Crippen molar-refractivity contribution in [3.63, 3.8) is 0 Å². The van der Waals surface area contributed by atoms with Gasteiger partial charge in [0.25, 0.3) is 0 Å². The number of guanidine groups is 1. The molecule has 138 valence electrons. The van der Waals surface area contributed by atoms with E-state index < -0.39 is 0 Å². The van der Waals surface area contributed by atoms with Gasteiger partial charge in [-0.3, -0.25) is 4.79 Å². The van der Waals surface area contributed by atoms with Crippen molar-refractivity contribution < 1.29 is 13.9 Å². The molecule has 0 spiro atoms. The molecule has 0 aromatic heterocycles. The summed E-state index contributed by atoms with van der Waals surface area (Å²) in [6.45, 7) is 6.66. The highest BCUT2D eigenvalue weighted by molar-refractivity contribution is 5.84. The fourth-order valence-electron chi connectivity index (χ4n) is 1.84. The first-order valence-electron chi connectivity index (χ1n) is 8.21. The molecule has 0 saturated carbocycles. The molecule has 7 heteroatoms. The van der Waals surface area contributed by atoms with Gasteiger partial charge < -0.3 is 20.3 Å². The number of likely N-dealkylation sites (N-methyl/N-ethyl adjacent to an activating group) is 1. The third-order valence-electron chi connectivity index (χ3n) is 3.34. The summed E-state index contributed by atoms with van der Waals surface area (Å²) in [6, 6.07) is 6.05. The van der Waals surface area contributed by atoms with Crippen molar-refractivity contribution in [2.45, 2.75) is 19.4 Å². The molecule has 1 aromatic carbocycles. The van der Waals surface area contributed by atoms with Crippen LogP contribution in [0.5, 0.6) is 5.75 Å². The van der Waals surface area contributed by atoms with E-state index in [4.69, 9.17) is 4.74 Å². The van der Waals surface area contributed by atoms with E-state index in [-0.39, 0.29) is 24.4 Å². The number of benzene rings is 1. The molecule has 0 bridgehead atoms. The van der Waals surface area contributed by atoms with E-state index in [1.54, 1.807) is 32.3 Å². The molecule has 1 aromatic rings. The van der Waals surface area contributed by atoms with E-state index in [1.807, 2.05) is 6.92 Å². The fraction of sp³-hybridized carbons (Fsp3) is 0.444. The number of hydrogen-bond acceptors (Lipinski definition) is 3. The molecular weight excluding hydrogens is 323 g/mol. The summed E-state index contributed by atoms with van der Waals surface area (Å²) in [5, 5.41) is 6.19. The van der Waals surface area contributed by atoms with Crippen LogP contribution in [0.3, 0.4) is 0 Å². The van der Waals surface area contributed by atoms with Crippen molar-refractivity contribution in [1.29, 1.82) is 0 Å². The molecule has 1 rings (SSSR count). The van der Waals surface area contributed by atoms with Crippen LogP contribution in [0.1, 0.15) is 13.3 Å². The summed E-state index contributed by atoms with van der Waals surface area (Å²) in [6.07, 6.45) is 2.27. The Balaban J connectivity index is 2.63. The highest BCUT2D eigenvalue weighted by atomic mass is 19.1. The molecule has 0 radical (unpaired) electrons. The number of aliphatic imine (C=N–C) groups is 1. The first kappa shape index (κ1) is 20.5. The Morgan fingerprint density at radius 2 is 2.20 bits per heavy atom. The van der Waals surface area contributed by atoms with Gasteiger partial charge in [-0.05, 0) is 18.6 Å². The Hall–Kier alpha value is -2.57. The van der Waals surface area contributed by atoms with E-state index in [9.17, 15) is 9.18 Å². The van der Waals surface area contributed by atoms with Crippen LogP contribution in [0.25, 0.3) is 0 Å². The zero-order valence-electron chi connectivity index (χ0n) is 15.1. The second-order valence-corrected chi connectivity index (χ2v) is 5.61. The number of rotatable bonds is 9. The van der Waals surface area contributed by atoms with E-state index >= 15 is 0 Å². The van der Waals surface area contributed by atoms with Gasteiger partial charge >= 0.3 is 0 Å². The lowest BCUT2D eigenvalue weighted by molar-refractivity contribution is -0.127. The molecule has 1 atom stereocenters. The van der Waals surface area contributed by atoms with Crippen molar-refractivity contribution in [2.75, 3.05) is 33.7 Å². The molecular formula is C18H27FN4O2. The molecule has 25 heavy (non-hydrogen) atoms. The van der Waals surface area contributed by atoms with Gasteiger partial charge in [-0.25, -0.2) is 9.38 Å². The monoisotopic (exact) mass is 350 g/mol. The van der Waals surface area contributed by atoms with Crippen LogP contribution in [-0.2, 0) is 4.79 Å². The number of nitrogens with zero attached hydrogens (tertiary/aromatic N) is 2. The fourth-order valence-corrected chi connectivity index (χ4v) is 1.84. The molecule has 1 amide bonds. The average Bonchev–Trinajstić information content (AvgIpc) is 2.59. The lowest BCUT2D eigenvalue weighted by atomic mass is 10.2. The first-order valence-corrected chi connectivity index (χ1v) is 8.21. The van der Waals surface area contributed by atoms with Crippen molar-refractivity contribution in [1.82, 2.24) is 15.5 Å². The maximum atomic E-state index is 13.2. The number of halogens is 1. The number of hydrogen-bond donors (Lipinski definition) is 2. The van der Waals surface area contributed by atoms with Crippen LogP contribution in [0.4, 0.5) is 4.39 Å². The first-order chi connectivity index (χ1) is 12.0. The topological polar surface area (TPSA) is 66.0 Å². The standard InChI is InChI=1S/C18H27FN4O2/c1-5-10-20-18(22-13-17(24)23(3)4)21-12-15(6-2)25-16-9-7-8-14(19)11-16/h5,7-9,11,15H,1,6,10,12-13H2,2-4H3,(H2,20,21,22). The molecule has 1 unspecified atom stereocenters. The number of amides is 1. The second kappa shape index (κ2) is 11.1. The van der Waals surface area contributed by atoms with Gasteiger partial charge in [-0.1, -0.05) is 19.1 Å². The average molecular weight is 350 g/mol. The smallest absolute Gasteiger partial charge is 0.243 e. The van der Waals surface area contributed by atoms with Crippen molar-refractivity contribution in [3.05, 3.63) is 42.7 Å². The van der Waals surface area contributed by atoms with Crippen LogP contribution >= 0.6 is 0 Å². The number of carbonyl (C=O) groups is 1. The van der Waals surface area contributed by atoms with Crippen molar-refractivity contribution >= 4 is 11.9 Å². The summed E-state index contributed by atoms with van der Waals surface area (Å²) < 4.78 is 19.0. The van der Waals surface area contributed by atoms with Gasteiger partial charge in [-0.2, -0.15) is 0 Å². The largest absolute Gasteiger partial charge is 0.489 e. The molecule has 0 fully saturated rings. The zero-order valence-corrected chi connectivity index (χ0v) is 15.1. The molecule has 0 aliphatic heterocycles. The number of carbonyl (C=O) groups excluding carboxylic acids is 1. The maximum Gasteiger partial charge on any atom is 0.243 e. The van der Waals surface area contributed by atoms with E-state index in [0.717, 1.165) is 6.42 Å². The predicted molar refractivity (Wildman–Crippen MR) is 98.3 cm³/mol. The third kappa shape index (κ3) is 8.19. The van der Waals surface area contributed by atoms with E-state index in [2.05, 4.69) is 22.2 Å². The summed E-state index contributed by atoms with van der Waals surface area (Å²) in [7, 11) is 3.37. The third-order valence-corrected chi connectivity index (χ3v) is 3.34. The van der Waals surface area contributed by atoms with Gasteiger partial charge in [0.1, 0.15) is 24.2 Å². The maximum absolute atomic E-state index is 13.2. The Morgan fingerprint density at radius 1 is 1.44 bits per heavy atom. The van der Waals surface area contributed by atoms with E-state index in [1.165, 1.54) is 17.0 Å². The van der Waals surface area contributed by atoms with Gasteiger partial charge in [0.05, 0.1) is 6.54 Å². The van der Waals surface area contributed by atoms with Crippen molar-refractivity contribution in [3.8, 4) is 5.75 Å².